The molecule has 0 aliphatic rings. The SMILES string of the molecule is CCC(C)NC(N)=NCc1ccc(O)c(Br)c1. The van der Waals surface area contributed by atoms with Crippen LogP contribution in [-0.2, 0) is 6.54 Å². The fraction of sp³-hybridized carbons (Fsp3) is 0.417. The van der Waals surface area contributed by atoms with Crippen molar-refractivity contribution in [1.29, 1.82) is 0 Å². The van der Waals surface area contributed by atoms with Crippen LogP contribution in [0.3, 0.4) is 0 Å². The summed E-state index contributed by atoms with van der Waals surface area (Å²) in [7, 11) is 0. The summed E-state index contributed by atoms with van der Waals surface area (Å²) in [4.78, 5) is 4.23. The molecule has 1 aromatic rings. The van der Waals surface area contributed by atoms with E-state index >= 15 is 0 Å². The van der Waals surface area contributed by atoms with Crippen molar-refractivity contribution in [3.8, 4) is 5.75 Å². The zero-order chi connectivity index (χ0) is 12.8. The highest BCUT2D eigenvalue weighted by Gasteiger charge is 2.01. The molecule has 94 valence electrons. The Morgan fingerprint density at radius 1 is 1.59 bits per heavy atom. The Kier molecular flexibility index (Phi) is 5.28. The number of nitrogens with one attached hydrogen (secondary N) is 1. The number of nitrogens with zero attached hydrogens (tertiary/aromatic N) is 1. The van der Waals surface area contributed by atoms with Crippen molar-refractivity contribution in [2.75, 3.05) is 0 Å². The van der Waals surface area contributed by atoms with Gasteiger partial charge in [0, 0.05) is 6.04 Å². The Morgan fingerprint density at radius 3 is 2.88 bits per heavy atom. The van der Waals surface area contributed by atoms with Gasteiger partial charge in [-0.3, -0.25) is 0 Å². The maximum Gasteiger partial charge on any atom is 0.189 e. The number of phenolic OH excluding ortho intramolecular Hbond substituents is 1. The molecule has 0 aromatic heterocycles. The van der Waals surface area contributed by atoms with Crippen LogP contribution in [0, 0.1) is 0 Å². The minimum Gasteiger partial charge on any atom is -0.507 e. The molecule has 5 heteroatoms. The number of phenols is 1. The average molecular weight is 300 g/mol. The molecule has 4 N–H and O–H groups in total. The smallest absolute Gasteiger partial charge is 0.189 e. The molecule has 0 amide bonds. The number of hydrogen-bond acceptors (Lipinski definition) is 2. The van der Waals surface area contributed by atoms with Crippen LogP contribution in [0.5, 0.6) is 5.75 Å². The molecule has 4 nitrogen and oxygen atoms in total. The van der Waals surface area contributed by atoms with Gasteiger partial charge in [-0.2, -0.15) is 0 Å². The predicted octanol–water partition coefficient (Wildman–Crippen LogP) is 2.36. The lowest BCUT2D eigenvalue weighted by atomic mass is 10.2. The van der Waals surface area contributed by atoms with Crippen LogP contribution in [0.2, 0.25) is 0 Å². The van der Waals surface area contributed by atoms with Crippen LogP contribution in [0.4, 0.5) is 0 Å². The second-order valence-corrected chi connectivity index (χ2v) is 4.80. The molecule has 1 unspecified atom stereocenters. The number of benzene rings is 1. The summed E-state index contributed by atoms with van der Waals surface area (Å²) < 4.78 is 0.665. The lowest BCUT2D eigenvalue weighted by Crippen LogP contribution is -2.38. The van der Waals surface area contributed by atoms with Gasteiger partial charge in [-0.1, -0.05) is 13.0 Å². The fourth-order valence-corrected chi connectivity index (χ4v) is 1.65. The highest BCUT2D eigenvalue weighted by Crippen LogP contribution is 2.24. The van der Waals surface area contributed by atoms with E-state index in [0.29, 0.717) is 23.0 Å². The number of hydrogen-bond donors (Lipinski definition) is 3. The van der Waals surface area contributed by atoms with Crippen molar-refractivity contribution < 1.29 is 5.11 Å². The zero-order valence-corrected chi connectivity index (χ0v) is 11.7. The Labute approximate surface area is 110 Å². The van der Waals surface area contributed by atoms with Gasteiger partial charge < -0.3 is 16.2 Å². The molecule has 0 spiro atoms. The molecule has 1 aromatic carbocycles. The van der Waals surface area contributed by atoms with Crippen molar-refractivity contribution in [3.63, 3.8) is 0 Å². The number of aliphatic imine (C=N–C) groups is 1. The molecule has 0 bridgehead atoms. The first-order valence-electron chi connectivity index (χ1n) is 5.56. The molecule has 0 saturated carbocycles. The summed E-state index contributed by atoms with van der Waals surface area (Å²) in [5, 5.41) is 12.4. The first kappa shape index (κ1) is 13.8. The zero-order valence-electron chi connectivity index (χ0n) is 10.1. The largest absolute Gasteiger partial charge is 0.507 e. The Bertz CT molecular complexity index is 407. The maximum atomic E-state index is 9.35. The van der Waals surface area contributed by atoms with Crippen molar-refractivity contribution in [1.82, 2.24) is 5.32 Å². The predicted molar refractivity (Wildman–Crippen MR) is 74.0 cm³/mol. The molecule has 0 heterocycles. The average Bonchev–Trinajstić information content (AvgIpc) is 2.30. The standard InChI is InChI=1S/C12H18BrN3O/c1-3-8(2)16-12(14)15-7-9-4-5-11(17)10(13)6-9/h4-6,8,17H,3,7H2,1-2H3,(H3,14,15,16). The minimum absolute atomic E-state index is 0.225. The van der Waals surface area contributed by atoms with E-state index in [2.05, 4.69) is 40.1 Å². The van der Waals surface area contributed by atoms with Crippen molar-refractivity contribution in [2.24, 2.45) is 10.7 Å². The molecular formula is C12H18BrN3O. The molecule has 1 rings (SSSR count). The van der Waals surface area contributed by atoms with Crippen molar-refractivity contribution in [2.45, 2.75) is 32.9 Å². The minimum atomic E-state index is 0.225. The Morgan fingerprint density at radius 2 is 2.29 bits per heavy atom. The van der Waals surface area contributed by atoms with Gasteiger partial charge >= 0.3 is 0 Å². The number of aromatic hydroxyl groups is 1. The summed E-state index contributed by atoms with van der Waals surface area (Å²) >= 11 is 3.26. The third kappa shape index (κ3) is 4.65. The second kappa shape index (κ2) is 6.49. The molecule has 17 heavy (non-hydrogen) atoms. The number of rotatable bonds is 4. The topological polar surface area (TPSA) is 70.6 Å². The van der Waals surface area contributed by atoms with Gasteiger partial charge in [-0.25, -0.2) is 4.99 Å². The van der Waals surface area contributed by atoms with Crippen LogP contribution >= 0.6 is 15.9 Å². The summed E-state index contributed by atoms with van der Waals surface area (Å²) in [5.74, 6) is 0.673. The Balaban J connectivity index is 2.59. The number of guanidine groups is 1. The van der Waals surface area contributed by atoms with E-state index in [4.69, 9.17) is 5.73 Å². The molecule has 0 radical (unpaired) electrons. The molecule has 0 fully saturated rings. The highest BCUT2D eigenvalue weighted by atomic mass is 79.9. The van der Waals surface area contributed by atoms with E-state index in [1.165, 1.54) is 0 Å². The van der Waals surface area contributed by atoms with E-state index < -0.39 is 0 Å². The number of nitrogens with two attached hydrogens (primary N) is 1. The van der Waals surface area contributed by atoms with Gasteiger partial charge in [0.25, 0.3) is 0 Å². The van der Waals surface area contributed by atoms with E-state index in [1.54, 1.807) is 6.07 Å². The second-order valence-electron chi connectivity index (χ2n) is 3.94. The van der Waals surface area contributed by atoms with Gasteiger partial charge in [-0.15, -0.1) is 0 Å². The third-order valence-corrected chi connectivity index (χ3v) is 3.09. The lowest BCUT2D eigenvalue weighted by molar-refractivity contribution is 0.471. The first-order valence-corrected chi connectivity index (χ1v) is 6.36. The quantitative estimate of drug-likeness (QED) is 0.590. The summed E-state index contributed by atoms with van der Waals surface area (Å²) in [5.41, 5.74) is 6.73. The monoisotopic (exact) mass is 299 g/mol. The third-order valence-electron chi connectivity index (χ3n) is 2.45. The molecule has 0 aliphatic carbocycles. The first-order chi connectivity index (χ1) is 8.02. The lowest BCUT2D eigenvalue weighted by Gasteiger charge is -2.11. The van der Waals surface area contributed by atoms with Gasteiger partial charge in [-0.05, 0) is 47.0 Å². The van der Waals surface area contributed by atoms with Crippen LogP contribution < -0.4 is 11.1 Å². The maximum absolute atomic E-state index is 9.35. The van der Waals surface area contributed by atoms with Crippen LogP contribution in [0.25, 0.3) is 0 Å². The van der Waals surface area contributed by atoms with Crippen molar-refractivity contribution in [3.05, 3.63) is 28.2 Å². The van der Waals surface area contributed by atoms with Crippen molar-refractivity contribution >= 4 is 21.9 Å². The Hall–Kier alpha value is -1.23. The molecule has 1 atom stereocenters. The van der Waals surface area contributed by atoms with E-state index in [9.17, 15) is 5.11 Å². The molecule has 0 aliphatic heterocycles. The van der Waals surface area contributed by atoms with Gasteiger partial charge in [0.1, 0.15) is 5.75 Å². The van der Waals surface area contributed by atoms with E-state index in [0.717, 1.165) is 12.0 Å². The highest BCUT2D eigenvalue weighted by molar-refractivity contribution is 9.10. The summed E-state index contributed by atoms with van der Waals surface area (Å²) in [6, 6.07) is 5.60. The van der Waals surface area contributed by atoms with Crippen LogP contribution in [0.1, 0.15) is 25.8 Å². The fourth-order valence-electron chi connectivity index (χ4n) is 1.23. The van der Waals surface area contributed by atoms with Gasteiger partial charge in [0.05, 0.1) is 11.0 Å². The summed E-state index contributed by atoms with van der Waals surface area (Å²) in [6.07, 6.45) is 1.00. The molecular weight excluding hydrogens is 282 g/mol. The van der Waals surface area contributed by atoms with Crippen LogP contribution in [0.15, 0.2) is 27.7 Å². The molecule has 0 saturated heterocycles. The number of halogens is 1. The van der Waals surface area contributed by atoms with E-state index in [1.807, 2.05) is 12.1 Å². The normalized spacial score (nSPS) is 13.5. The summed E-state index contributed by atoms with van der Waals surface area (Å²) in [6.45, 7) is 4.63. The van der Waals surface area contributed by atoms with Gasteiger partial charge in [0.15, 0.2) is 5.96 Å². The van der Waals surface area contributed by atoms with Crippen LogP contribution in [-0.4, -0.2) is 17.1 Å². The van der Waals surface area contributed by atoms with E-state index in [-0.39, 0.29) is 5.75 Å². The van der Waals surface area contributed by atoms with Gasteiger partial charge in [0.2, 0.25) is 0 Å².